The van der Waals surface area contributed by atoms with E-state index in [0.29, 0.717) is 17.9 Å². The van der Waals surface area contributed by atoms with Crippen LogP contribution in [-0.4, -0.2) is 74.5 Å². The molecule has 1 unspecified atom stereocenters. The van der Waals surface area contributed by atoms with Gasteiger partial charge >= 0.3 is 0 Å². The first-order chi connectivity index (χ1) is 12.7. The van der Waals surface area contributed by atoms with E-state index in [2.05, 4.69) is 32.5 Å². The van der Waals surface area contributed by atoms with E-state index in [1.165, 1.54) is 45.2 Å². The van der Waals surface area contributed by atoms with Gasteiger partial charge in [-0.3, -0.25) is 9.79 Å². The number of likely N-dealkylation sites (tertiary alicyclic amines) is 2. The van der Waals surface area contributed by atoms with Crippen LogP contribution in [0.25, 0.3) is 0 Å². The lowest BCUT2D eigenvalue weighted by Crippen LogP contribution is -2.46. The Kier molecular flexibility index (Phi) is 7.17. The van der Waals surface area contributed by atoms with Gasteiger partial charge < -0.3 is 20.4 Å². The highest BCUT2D eigenvalue weighted by Gasteiger charge is 2.32. The lowest BCUT2D eigenvalue weighted by Gasteiger charge is -2.29. The van der Waals surface area contributed by atoms with Gasteiger partial charge in [0.05, 0.1) is 0 Å². The first-order valence-electron chi connectivity index (χ1n) is 10.6. The van der Waals surface area contributed by atoms with Crippen LogP contribution in [-0.2, 0) is 4.79 Å². The van der Waals surface area contributed by atoms with Gasteiger partial charge in [-0.05, 0) is 64.6 Å². The van der Waals surface area contributed by atoms with Crippen molar-refractivity contribution >= 4 is 11.9 Å². The zero-order valence-electron chi connectivity index (χ0n) is 16.7. The Morgan fingerprint density at radius 2 is 1.81 bits per heavy atom. The van der Waals surface area contributed by atoms with Crippen LogP contribution in [0, 0.1) is 11.8 Å². The summed E-state index contributed by atoms with van der Waals surface area (Å²) in [5.41, 5.74) is 0. The molecule has 1 aliphatic carbocycles. The number of rotatable bonds is 5. The summed E-state index contributed by atoms with van der Waals surface area (Å²) in [4.78, 5) is 21.4. The number of hydrogen-bond donors (Lipinski definition) is 2. The Morgan fingerprint density at radius 3 is 2.50 bits per heavy atom. The largest absolute Gasteiger partial charge is 0.356 e. The molecule has 0 bridgehead atoms. The van der Waals surface area contributed by atoms with Crippen LogP contribution in [0.4, 0.5) is 0 Å². The standard InChI is InChI=1S/C20H37N5O/c1-21-20(22-11-7-16-8-12-24(2)13-9-16)23-18-10-14-25(15-18)19(26)17-5-3-4-6-17/h16-18H,3-15H2,1-2H3,(H2,21,22,23). The molecule has 148 valence electrons. The molecule has 2 aliphatic heterocycles. The minimum absolute atomic E-state index is 0.292. The molecule has 0 radical (unpaired) electrons. The monoisotopic (exact) mass is 363 g/mol. The number of guanidine groups is 1. The molecule has 6 heteroatoms. The van der Waals surface area contributed by atoms with Crippen LogP contribution in [0.5, 0.6) is 0 Å². The molecule has 1 atom stereocenters. The molecular weight excluding hydrogens is 326 g/mol. The molecule has 0 spiro atoms. The van der Waals surface area contributed by atoms with E-state index in [9.17, 15) is 4.79 Å². The van der Waals surface area contributed by atoms with E-state index in [0.717, 1.165) is 50.8 Å². The van der Waals surface area contributed by atoms with Crippen molar-refractivity contribution in [3.63, 3.8) is 0 Å². The first kappa shape index (κ1) is 19.5. The van der Waals surface area contributed by atoms with Crippen LogP contribution < -0.4 is 10.6 Å². The highest BCUT2D eigenvalue weighted by molar-refractivity contribution is 5.81. The van der Waals surface area contributed by atoms with Crippen LogP contribution in [0.3, 0.4) is 0 Å². The molecule has 2 heterocycles. The summed E-state index contributed by atoms with van der Waals surface area (Å²) in [7, 11) is 4.05. The van der Waals surface area contributed by atoms with Gasteiger partial charge in [-0.25, -0.2) is 0 Å². The third-order valence-corrected chi connectivity index (χ3v) is 6.45. The molecule has 0 aromatic rings. The zero-order valence-corrected chi connectivity index (χ0v) is 16.7. The second kappa shape index (κ2) is 9.58. The van der Waals surface area contributed by atoms with Crippen LogP contribution >= 0.6 is 0 Å². The predicted molar refractivity (Wildman–Crippen MR) is 106 cm³/mol. The summed E-state index contributed by atoms with van der Waals surface area (Å²) >= 11 is 0. The number of nitrogens with zero attached hydrogens (tertiary/aromatic N) is 3. The fourth-order valence-electron chi connectivity index (χ4n) is 4.64. The molecule has 0 aromatic heterocycles. The molecule has 26 heavy (non-hydrogen) atoms. The summed E-state index contributed by atoms with van der Waals surface area (Å²) in [5.74, 6) is 2.40. The molecule has 2 N–H and O–H groups in total. The van der Waals surface area contributed by atoms with Gasteiger partial charge in [0.15, 0.2) is 5.96 Å². The summed E-state index contributed by atoms with van der Waals surface area (Å²) in [5, 5.41) is 7.00. The van der Waals surface area contributed by atoms with E-state index < -0.39 is 0 Å². The van der Waals surface area contributed by atoms with Crippen molar-refractivity contribution in [3.8, 4) is 0 Å². The van der Waals surface area contributed by atoms with Gasteiger partial charge in [-0.2, -0.15) is 0 Å². The summed E-state index contributed by atoms with van der Waals surface area (Å²) in [6.07, 6.45) is 9.48. The third-order valence-electron chi connectivity index (χ3n) is 6.45. The van der Waals surface area contributed by atoms with E-state index in [4.69, 9.17) is 0 Å². The average Bonchev–Trinajstić information content (AvgIpc) is 3.34. The Bertz CT molecular complexity index is 481. The summed E-state index contributed by atoms with van der Waals surface area (Å²) < 4.78 is 0. The highest BCUT2D eigenvalue weighted by Crippen LogP contribution is 2.27. The van der Waals surface area contributed by atoms with Crippen LogP contribution in [0.15, 0.2) is 4.99 Å². The van der Waals surface area contributed by atoms with Gasteiger partial charge in [0.25, 0.3) is 0 Å². The number of piperidine rings is 1. The number of carbonyl (C=O) groups excluding carboxylic acids is 1. The Balaban J connectivity index is 1.35. The van der Waals surface area contributed by atoms with Crippen LogP contribution in [0.1, 0.15) is 51.4 Å². The second-order valence-electron chi connectivity index (χ2n) is 8.43. The molecule has 6 nitrogen and oxygen atoms in total. The lowest BCUT2D eigenvalue weighted by atomic mass is 9.94. The van der Waals surface area contributed by atoms with Gasteiger partial charge in [-0.15, -0.1) is 0 Å². The fourth-order valence-corrected chi connectivity index (χ4v) is 4.64. The van der Waals surface area contributed by atoms with Crippen molar-refractivity contribution in [3.05, 3.63) is 0 Å². The smallest absolute Gasteiger partial charge is 0.225 e. The summed E-state index contributed by atoms with van der Waals surface area (Å²) in [6, 6.07) is 0.329. The first-order valence-corrected chi connectivity index (χ1v) is 10.6. The van der Waals surface area contributed by atoms with Gasteiger partial charge in [0.1, 0.15) is 0 Å². The maximum absolute atomic E-state index is 12.6. The van der Waals surface area contributed by atoms with E-state index in [1.807, 2.05) is 7.05 Å². The second-order valence-corrected chi connectivity index (χ2v) is 8.43. The Morgan fingerprint density at radius 1 is 1.08 bits per heavy atom. The van der Waals surface area contributed by atoms with Gasteiger partial charge in [0.2, 0.25) is 5.91 Å². The van der Waals surface area contributed by atoms with Crippen molar-refractivity contribution in [1.29, 1.82) is 0 Å². The number of amides is 1. The number of carbonyl (C=O) groups is 1. The summed E-state index contributed by atoms with van der Waals surface area (Å²) in [6.45, 7) is 5.14. The van der Waals surface area contributed by atoms with Crippen molar-refractivity contribution < 1.29 is 4.79 Å². The maximum Gasteiger partial charge on any atom is 0.225 e. The van der Waals surface area contributed by atoms with Crippen molar-refractivity contribution in [1.82, 2.24) is 20.4 Å². The van der Waals surface area contributed by atoms with Gasteiger partial charge in [-0.1, -0.05) is 12.8 Å². The predicted octanol–water partition coefficient (Wildman–Crippen LogP) is 1.67. The molecule has 0 aromatic carbocycles. The molecular formula is C20H37N5O. The topological polar surface area (TPSA) is 60.0 Å². The van der Waals surface area contributed by atoms with Crippen molar-refractivity contribution in [2.24, 2.45) is 16.8 Å². The molecule has 1 amide bonds. The molecule has 3 aliphatic rings. The lowest BCUT2D eigenvalue weighted by molar-refractivity contribution is -0.134. The Hall–Kier alpha value is -1.30. The number of hydrogen-bond acceptors (Lipinski definition) is 3. The van der Waals surface area contributed by atoms with E-state index >= 15 is 0 Å². The molecule has 3 fully saturated rings. The van der Waals surface area contributed by atoms with Gasteiger partial charge in [0, 0.05) is 38.6 Å². The quantitative estimate of drug-likeness (QED) is 0.576. The zero-order chi connectivity index (χ0) is 18.4. The minimum Gasteiger partial charge on any atom is -0.356 e. The van der Waals surface area contributed by atoms with Crippen LogP contribution in [0.2, 0.25) is 0 Å². The number of aliphatic imine (C=N–C) groups is 1. The van der Waals surface area contributed by atoms with Crippen molar-refractivity contribution in [2.75, 3.05) is 46.8 Å². The highest BCUT2D eigenvalue weighted by atomic mass is 16.2. The third kappa shape index (κ3) is 5.35. The SMILES string of the molecule is CN=C(NCCC1CCN(C)CC1)NC1CCN(C(=O)C2CCCC2)C1. The maximum atomic E-state index is 12.6. The minimum atomic E-state index is 0.292. The van der Waals surface area contributed by atoms with E-state index in [1.54, 1.807) is 0 Å². The van der Waals surface area contributed by atoms with E-state index in [-0.39, 0.29) is 0 Å². The fraction of sp³-hybridized carbons (Fsp3) is 0.900. The molecule has 3 rings (SSSR count). The normalized spacial score (nSPS) is 26.5. The average molecular weight is 364 g/mol. The molecule has 2 saturated heterocycles. The van der Waals surface area contributed by atoms with Crippen molar-refractivity contribution in [2.45, 2.75) is 57.4 Å². The molecule has 1 saturated carbocycles. The number of nitrogens with one attached hydrogen (secondary N) is 2. The Labute approximate surface area is 158 Å².